The summed E-state index contributed by atoms with van der Waals surface area (Å²) >= 11 is 1.53. The summed E-state index contributed by atoms with van der Waals surface area (Å²) in [5.74, 6) is -0.0811. The Kier molecular flexibility index (Phi) is 6.08. The van der Waals surface area contributed by atoms with E-state index in [1.54, 1.807) is 5.51 Å². The molecule has 0 bridgehead atoms. The normalized spacial score (nSPS) is 17.8. The van der Waals surface area contributed by atoms with Crippen LogP contribution in [0.4, 0.5) is 4.79 Å². The molecule has 1 aliphatic rings. The number of nitrogens with zero attached hydrogens (tertiary/aromatic N) is 3. The van der Waals surface area contributed by atoms with E-state index in [-0.39, 0.29) is 18.0 Å². The molecule has 1 N–H and O–H groups in total. The lowest BCUT2D eigenvalue weighted by molar-refractivity contribution is 0.0924. The molecule has 140 valence electrons. The number of aromatic nitrogens is 1. The van der Waals surface area contributed by atoms with Crippen LogP contribution in [0.1, 0.15) is 43.5 Å². The van der Waals surface area contributed by atoms with Crippen molar-refractivity contribution in [2.24, 2.45) is 0 Å². The van der Waals surface area contributed by atoms with E-state index in [2.05, 4.69) is 10.3 Å². The second kappa shape index (κ2) is 8.49. The Balaban J connectivity index is 1.67. The number of carbonyl (C=O) groups excluding carboxylic acids is 2. The molecule has 1 fully saturated rings. The lowest BCUT2D eigenvalue weighted by Crippen LogP contribution is -2.49. The van der Waals surface area contributed by atoms with Crippen LogP contribution >= 0.6 is 11.3 Å². The fourth-order valence-corrected chi connectivity index (χ4v) is 4.11. The van der Waals surface area contributed by atoms with Crippen molar-refractivity contribution in [3.63, 3.8) is 0 Å². The molecule has 0 radical (unpaired) electrons. The monoisotopic (exact) mass is 374 g/mol. The minimum atomic E-state index is -0.0811. The van der Waals surface area contributed by atoms with E-state index in [4.69, 9.17) is 0 Å². The lowest BCUT2D eigenvalue weighted by atomic mass is 10.1. The highest BCUT2D eigenvalue weighted by Gasteiger charge is 2.25. The standard InChI is InChI=1S/C19H26N4O2S/c1-3-22(4-2)19(25)23-10-6-5-7-15(12-23)21-18(24)14-8-9-16-17(11-14)26-13-20-16/h8-9,11,13,15H,3-7,10,12H2,1-2H3,(H,21,24)/t15-/m1/s1. The molecule has 1 saturated heterocycles. The fourth-order valence-electron chi connectivity index (χ4n) is 3.39. The molecule has 2 aromatic rings. The van der Waals surface area contributed by atoms with Crippen molar-refractivity contribution in [1.82, 2.24) is 20.1 Å². The van der Waals surface area contributed by atoms with Gasteiger partial charge >= 0.3 is 6.03 Å². The van der Waals surface area contributed by atoms with Gasteiger partial charge in [0.15, 0.2) is 0 Å². The number of hydrogen-bond acceptors (Lipinski definition) is 4. The maximum absolute atomic E-state index is 12.7. The van der Waals surface area contributed by atoms with Gasteiger partial charge in [0.1, 0.15) is 0 Å². The van der Waals surface area contributed by atoms with Crippen LogP contribution in [0, 0.1) is 0 Å². The Hall–Kier alpha value is -2.15. The quantitative estimate of drug-likeness (QED) is 0.893. The zero-order valence-electron chi connectivity index (χ0n) is 15.4. The number of carbonyl (C=O) groups is 2. The smallest absolute Gasteiger partial charge is 0.320 e. The van der Waals surface area contributed by atoms with Crippen LogP contribution in [0.2, 0.25) is 0 Å². The maximum atomic E-state index is 12.7. The minimum Gasteiger partial charge on any atom is -0.348 e. The van der Waals surface area contributed by atoms with Gasteiger partial charge in [0.05, 0.1) is 15.7 Å². The molecule has 3 rings (SSSR count). The summed E-state index contributed by atoms with van der Waals surface area (Å²) in [6.07, 6.45) is 2.89. The van der Waals surface area contributed by atoms with E-state index in [1.165, 1.54) is 11.3 Å². The molecule has 26 heavy (non-hydrogen) atoms. The highest BCUT2D eigenvalue weighted by atomic mass is 32.1. The molecule has 0 spiro atoms. The first-order valence-corrected chi connectivity index (χ1v) is 10.2. The van der Waals surface area contributed by atoms with Crippen molar-refractivity contribution < 1.29 is 9.59 Å². The van der Waals surface area contributed by atoms with Crippen LogP contribution in [0.25, 0.3) is 10.2 Å². The van der Waals surface area contributed by atoms with Crippen LogP contribution < -0.4 is 5.32 Å². The van der Waals surface area contributed by atoms with Crippen molar-refractivity contribution in [2.75, 3.05) is 26.2 Å². The van der Waals surface area contributed by atoms with Crippen molar-refractivity contribution in [3.05, 3.63) is 29.3 Å². The summed E-state index contributed by atoms with van der Waals surface area (Å²) < 4.78 is 1.01. The molecule has 1 atom stereocenters. The molecule has 7 heteroatoms. The Morgan fingerprint density at radius 2 is 2.12 bits per heavy atom. The number of thiazole rings is 1. The molecule has 1 aliphatic heterocycles. The van der Waals surface area contributed by atoms with Crippen molar-refractivity contribution >= 4 is 33.5 Å². The van der Waals surface area contributed by atoms with E-state index >= 15 is 0 Å². The van der Waals surface area contributed by atoms with Gasteiger partial charge in [-0.25, -0.2) is 9.78 Å². The van der Waals surface area contributed by atoms with Crippen LogP contribution in [0.3, 0.4) is 0 Å². The predicted molar refractivity (Wildman–Crippen MR) is 105 cm³/mol. The van der Waals surface area contributed by atoms with Gasteiger partial charge in [-0.15, -0.1) is 11.3 Å². The van der Waals surface area contributed by atoms with Crippen molar-refractivity contribution in [1.29, 1.82) is 0 Å². The molecule has 6 nitrogen and oxygen atoms in total. The Labute approximate surface area is 158 Å². The van der Waals surface area contributed by atoms with Crippen LogP contribution in [0.5, 0.6) is 0 Å². The molecular weight excluding hydrogens is 348 g/mol. The highest BCUT2D eigenvalue weighted by Crippen LogP contribution is 2.20. The van der Waals surface area contributed by atoms with Gasteiger partial charge in [-0.3, -0.25) is 4.79 Å². The zero-order chi connectivity index (χ0) is 18.5. The zero-order valence-corrected chi connectivity index (χ0v) is 16.2. The lowest BCUT2D eigenvalue weighted by Gasteiger charge is -2.30. The molecule has 1 aromatic heterocycles. The second-order valence-corrected chi connectivity index (χ2v) is 7.49. The second-order valence-electron chi connectivity index (χ2n) is 6.60. The molecule has 2 heterocycles. The van der Waals surface area contributed by atoms with Gasteiger partial charge < -0.3 is 15.1 Å². The Bertz CT molecular complexity index is 772. The Morgan fingerprint density at radius 3 is 2.88 bits per heavy atom. The third-order valence-corrected chi connectivity index (χ3v) is 5.70. The van der Waals surface area contributed by atoms with E-state index in [9.17, 15) is 9.59 Å². The number of hydrogen-bond donors (Lipinski definition) is 1. The van der Waals surface area contributed by atoms with Gasteiger partial charge in [0, 0.05) is 37.8 Å². The molecule has 1 aromatic carbocycles. The van der Waals surface area contributed by atoms with Crippen molar-refractivity contribution in [2.45, 2.75) is 39.2 Å². The number of urea groups is 1. The average molecular weight is 375 g/mol. The number of benzene rings is 1. The molecule has 3 amide bonds. The first-order valence-electron chi connectivity index (χ1n) is 9.30. The first kappa shape index (κ1) is 18.6. The van der Waals surface area contributed by atoms with Gasteiger partial charge in [0.25, 0.3) is 5.91 Å². The number of likely N-dealkylation sites (tertiary alicyclic amines) is 1. The summed E-state index contributed by atoms with van der Waals surface area (Å²) in [5, 5.41) is 3.12. The molecule has 0 aliphatic carbocycles. The summed E-state index contributed by atoms with van der Waals surface area (Å²) in [6.45, 7) is 6.73. The number of rotatable bonds is 4. The molecule has 0 unspecified atom stereocenters. The van der Waals surface area contributed by atoms with E-state index in [1.807, 2.05) is 41.8 Å². The number of nitrogens with one attached hydrogen (secondary N) is 1. The predicted octanol–water partition coefficient (Wildman–Crippen LogP) is 3.34. The third kappa shape index (κ3) is 4.15. The van der Waals surface area contributed by atoms with E-state index in [0.29, 0.717) is 25.2 Å². The third-order valence-electron chi connectivity index (χ3n) is 4.90. The van der Waals surface area contributed by atoms with Crippen molar-refractivity contribution in [3.8, 4) is 0 Å². The highest BCUT2D eigenvalue weighted by molar-refractivity contribution is 7.16. The molecular formula is C19H26N4O2S. The number of fused-ring (bicyclic) bond motifs is 1. The largest absolute Gasteiger partial charge is 0.348 e. The Morgan fingerprint density at radius 1 is 1.31 bits per heavy atom. The SMILES string of the molecule is CCN(CC)C(=O)N1CCCC[C@@H](NC(=O)c2ccc3ncsc3c2)C1. The fraction of sp³-hybridized carbons (Fsp3) is 0.526. The van der Waals surface area contributed by atoms with Crippen LogP contribution in [-0.2, 0) is 0 Å². The summed E-state index contributed by atoms with van der Waals surface area (Å²) in [6, 6.07) is 5.64. The summed E-state index contributed by atoms with van der Waals surface area (Å²) in [4.78, 5) is 33.3. The van der Waals surface area contributed by atoms with Gasteiger partial charge in [-0.2, -0.15) is 0 Å². The average Bonchev–Trinajstić information content (AvgIpc) is 3.00. The summed E-state index contributed by atoms with van der Waals surface area (Å²) in [7, 11) is 0. The first-order chi connectivity index (χ1) is 12.6. The van der Waals surface area contributed by atoms with Gasteiger partial charge in [0.2, 0.25) is 0 Å². The van der Waals surface area contributed by atoms with Crippen LogP contribution in [0.15, 0.2) is 23.7 Å². The minimum absolute atomic E-state index is 0.0123. The maximum Gasteiger partial charge on any atom is 0.320 e. The van der Waals surface area contributed by atoms with E-state index < -0.39 is 0 Å². The molecule has 0 saturated carbocycles. The number of amides is 3. The topological polar surface area (TPSA) is 65.5 Å². The van der Waals surface area contributed by atoms with Gasteiger partial charge in [-0.05, 0) is 51.3 Å². The van der Waals surface area contributed by atoms with Gasteiger partial charge in [-0.1, -0.05) is 0 Å². The summed E-state index contributed by atoms with van der Waals surface area (Å²) in [5.41, 5.74) is 3.35. The van der Waals surface area contributed by atoms with Crippen LogP contribution in [-0.4, -0.2) is 58.9 Å². The van der Waals surface area contributed by atoms with E-state index in [0.717, 1.165) is 36.0 Å².